The minimum absolute atomic E-state index is 0.0530. The molecule has 2 aromatic rings. The molecule has 0 saturated carbocycles. The number of benzene rings is 1. The van der Waals surface area contributed by atoms with Crippen LogP contribution in [-0.4, -0.2) is 34.8 Å². The molecule has 2 rings (SSSR count). The Labute approximate surface area is 116 Å². The molecule has 106 valence electrons. The van der Waals surface area contributed by atoms with Gasteiger partial charge in [-0.25, -0.2) is 9.78 Å². The molecule has 0 saturated heterocycles. The third-order valence-electron chi connectivity index (χ3n) is 3.23. The molecule has 0 aliphatic carbocycles. The summed E-state index contributed by atoms with van der Waals surface area (Å²) in [6.45, 7) is 1.72. The minimum Gasteiger partial charge on any atom is -0.493 e. The van der Waals surface area contributed by atoms with E-state index in [9.17, 15) is 4.79 Å². The van der Waals surface area contributed by atoms with E-state index in [-0.39, 0.29) is 5.69 Å². The van der Waals surface area contributed by atoms with E-state index in [1.807, 2.05) is 6.07 Å². The fourth-order valence-electron chi connectivity index (χ4n) is 2.02. The van der Waals surface area contributed by atoms with Crippen LogP contribution in [0.5, 0.6) is 11.5 Å². The molecule has 0 bridgehead atoms. The largest absolute Gasteiger partial charge is 0.493 e. The number of ether oxygens (including phenoxy) is 2. The number of rotatable bonds is 4. The predicted octanol–water partition coefficient (Wildman–Crippen LogP) is 2.11. The maximum atomic E-state index is 11.1. The van der Waals surface area contributed by atoms with Crippen LogP contribution < -0.4 is 9.47 Å². The van der Waals surface area contributed by atoms with Crippen LogP contribution in [0, 0.1) is 6.92 Å². The van der Waals surface area contributed by atoms with Crippen molar-refractivity contribution >= 4 is 5.97 Å². The first kappa shape index (κ1) is 13.9. The van der Waals surface area contributed by atoms with E-state index >= 15 is 0 Å². The highest BCUT2D eigenvalue weighted by molar-refractivity contribution is 5.87. The van der Waals surface area contributed by atoms with Crippen molar-refractivity contribution in [2.75, 3.05) is 14.2 Å². The molecule has 0 spiro atoms. The van der Waals surface area contributed by atoms with Gasteiger partial charge in [-0.1, -0.05) is 0 Å². The maximum absolute atomic E-state index is 11.1. The average Bonchev–Trinajstić information content (AvgIpc) is 2.74. The molecule has 1 aromatic carbocycles. The molecule has 1 N–H and O–H groups in total. The molecule has 0 atom stereocenters. The van der Waals surface area contributed by atoms with E-state index in [1.54, 1.807) is 44.9 Å². The Kier molecular flexibility index (Phi) is 3.65. The summed E-state index contributed by atoms with van der Waals surface area (Å²) in [6, 6.07) is 5.35. The Morgan fingerprint density at radius 1 is 1.25 bits per heavy atom. The lowest BCUT2D eigenvalue weighted by atomic mass is 10.2. The molecule has 6 heteroatoms. The first-order chi connectivity index (χ1) is 9.49. The van der Waals surface area contributed by atoms with Gasteiger partial charge in [0.15, 0.2) is 17.2 Å². The fraction of sp³-hybridized carbons (Fsp3) is 0.286. The van der Waals surface area contributed by atoms with Gasteiger partial charge in [-0.2, -0.15) is 0 Å². The van der Waals surface area contributed by atoms with Crippen LogP contribution in [0.2, 0.25) is 0 Å². The Morgan fingerprint density at radius 2 is 1.90 bits per heavy atom. The predicted molar refractivity (Wildman–Crippen MR) is 73.4 cm³/mol. The number of methoxy groups -OCH3 is 2. The lowest BCUT2D eigenvalue weighted by molar-refractivity contribution is 0.0690. The first-order valence-corrected chi connectivity index (χ1v) is 5.98. The normalized spacial score (nSPS) is 10.4. The zero-order valence-electron chi connectivity index (χ0n) is 11.8. The number of nitrogens with zero attached hydrogens (tertiary/aromatic N) is 2. The molecular formula is C14H16N2O4. The summed E-state index contributed by atoms with van der Waals surface area (Å²) in [6.07, 6.45) is 0. The number of carboxylic acids is 1. The van der Waals surface area contributed by atoms with Crippen LogP contribution in [0.4, 0.5) is 0 Å². The summed E-state index contributed by atoms with van der Waals surface area (Å²) in [5.74, 6) is 0.717. The standard InChI is InChI=1S/C14H16N2O4/c1-8-12(14(17)18)15-13(16(8)2)9-5-6-10(19-3)11(7-9)20-4/h5-7H,1-4H3,(H,17,18). The van der Waals surface area contributed by atoms with Gasteiger partial charge in [0.2, 0.25) is 0 Å². The highest BCUT2D eigenvalue weighted by Crippen LogP contribution is 2.32. The molecule has 0 unspecified atom stereocenters. The second-order valence-electron chi connectivity index (χ2n) is 4.30. The van der Waals surface area contributed by atoms with Gasteiger partial charge in [0, 0.05) is 18.3 Å². The molecule has 1 heterocycles. The van der Waals surface area contributed by atoms with Crippen molar-refractivity contribution in [1.82, 2.24) is 9.55 Å². The summed E-state index contributed by atoms with van der Waals surface area (Å²) >= 11 is 0. The van der Waals surface area contributed by atoms with Crippen LogP contribution in [0.15, 0.2) is 18.2 Å². The quantitative estimate of drug-likeness (QED) is 0.925. The Bertz CT molecular complexity index is 661. The molecule has 1 aromatic heterocycles. The number of carboxylic acid groups (broad SMARTS) is 1. The Morgan fingerprint density at radius 3 is 2.40 bits per heavy atom. The van der Waals surface area contributed by atoms with E-state index < -0.39 is 5.97 Å². The van der Waals surface area contributed by atoms with Crippen LogP contribution >= 0.6 is 0 Å². The van der Waals surface area contributed by atoms with Crippen LogP contribution in [0.1, 0.15) is 16.2 Å². The Balaban J connectivity index is 2.57. The summed E-state index contributed by atoms with van der Waals surface area (Å²) in [5, 5.41) is 9.11. The highest BCUT2D eigenvalue weighted by Gasteiger charge is 2.18. The Hall–Kier alpha value is -2.50. The molecule has 20 heavy (non-hydrogen) atoms. The van der Waals surface area contributed by atoms with Gasteiger partial charge < -0.3 is 19.1 Å². The van der Waals surface area contributed by atoms with Gasteiger partial charge in [0.05, 0.1) is 14.2 Å². The van der Waals surface area contributed by atoms with Gasteiger partial charge in [-0.05, 0) is 25.1 Å². The van der Waals surface area contributed by atoms with E-state index in [4.69, 9.17) is 14.6 Å². The molecular weight excluding hydrogens is 260 g/mol. The van der Waals surface area contributed by atoms with Gasteiger partial charge in [0.25, 0.3) is 0 Å². The SMILES string of the molecule is COc1ccc(-c2nc(C(=O)O)c(C)n2C)cc1OC. The number of hydrogen-bond donors (Lipinski definition) is 1. The lowest BCUT2D eigenvalue weighted by Crippen LogP contribution is -2.00. The number of aromatic nitrogens is 2. The smallest absolute Gasteiger partial charge is 0.356 e. The van der Waals surface area contributed by atoms with Crippen LogP contribution in [0.25, 0.3) is 11.4 Å². The molecule has 0 amide bonds. The zero-order valence-corrected chi connectivity index (χ0v) is 11.8. The highest BCUT2D eigenvalue weighted by atomic mass is 16.5. The minimum atomic E-state index is -1.04. The van der Waals surface area contributed by atoms with E-state index in [2.05, 4.69) is 4.98 Å². The number of imidazole rings is 1. The van der Waals surface area contributed by atoms with Crippen molar-refractivity contribution < 1.29 is 19.4 Å². The second-order valence-corrected chi connectivity index (χ2v) is 4.30. The summed E-state index contributed by atoms with van der Waals surface area (Å²) in [7, 11) is 4.89. The molecule has 6 nitrogen and oxygen atoms in total. The topological polar surface area (TPSA) is 73.6 Å². The number of carbonyl (C=O) groups is 1. The number of hydrogen-bond acceptors (Lipinski definition) is 4. The van der Waals surface area contributed by atoms with Crippen molar-refractivity contribution in [3.8, 4) is 22.9 Å². The van der Waals surface area contributed by atoms with Gasteiger partial charge in [-0.15, -0.1) is 0 Å². The van der Waals surface area contributed by atoms with Crippen molar-refractivity contribution in [1.29, 1.82) is 0 Å². The van der Waals surface area contributed by atoms with Gasteiger partial charge in [-0.3, -0.25) is 0 Å². The van der Waals surface area contributed by atoms with Gasteiger partial charge in [0.1, 0.15) is 5.82 Å². The molecule has 0 aliphatic heterocycles. The number of aromatic carboxylic acids is 1. The van der Waals surface area contributed by atoms with Crippen LogP contribution in [-0.2, 0) is 7.05 Å². The van der Waals surface area contributed by atoms with Crippen molar-refractivity contribution in [3.05, 3.63) is 29.6 Å². The summed E-state index contributed by atoms with van der Waals surface area (Å²) < 4.78 is 12.2. The van der Waals surface area contributed by atoms with E-state index in [0.717, 1.165) is 5.56 Å². The zero-order chi connectivity index (χ0) is 14.9. The van der Waals surface area contributed by atoms with E-state index in [0.29, 0.717) is 23.0 Å². The van der Waals surface area contributed by atoms with Crippen molar-refractivity contribution in [2.24, 2.45) is 7.05 Å². The maximum Gasteiger partial charge on any atom is 0.356 e. The van der Waals surface area contributed by atoms with E-state index in [1.165, 1.54) is 0 Å². The average molecular weight is 276 g/mol. The monoisotopic (exact) mass is 276 g/mol. The molecule has 0 radical (unpaired) electrons. The van der Waals surface area contributed by atoms with Crippen molar-refractivity contribution in [3.63, 3.8) is 0 Å². The van der Waals surface area contributed by atoms with Crippen molar-refractivity contribution in [2.45, 2.75) is 6.92 Å². The fourth-order valence-corrected chi connectivity index (χ4v) is 2.02. The van der Waals surface area contributed by atoms with Gasteiger partial charge >= 0.3 is 5.97 Å². The summed E-state index contributed by atoms with van der Waals surface area (Å²) in [5.41, 5.74) is 1.42. The summed E-state index contributed by atoms with van der Waals surface area (Å²) in [4.78, 5) is 15.3. The third kappa shape index (κ3) is 2.20. The lowest BCUT2D eigenvalue weighted by Gasteiger charge is -2.09. The first-order valence-electron chi connectivity index (χ1n) is 5.98. The molecule has 0 aliphatic rings. The second kappa shape index (κ2) is 5.24. The van der Waals surface area contributed by atoms with Crippen LogP contribution in [0.3, 0.4) is 0 Å². The molecule has 0 fully saturated rings. The third-order valence-corrected chi connectivity index (χ3v) is 3.23.